The second kappa shape index (κ2) is 7.83. The molecule has 0 spiro atoms. The van der Waals surface area contributed by atoms with Gasteiger partial charge in [-0.1, -0.05) is 30.3 Å². The molecule has 5 heteroatoms. The summed E-state index contributed by atoms with van der Waals surface area (Å²) in [7, 11) is 1.92. The molecule has 0 unspecified atom stereocenters. The lowest BCUT2D eigenvalue weighted by Gasteiger charge is -2.28. The van der Waals surface area contributed by atoms with E-state index in [4.69, 9.17) is 0 Å². The quantitative estimate of drug-likeness (QED) is 0.880. The van der Waals surface area contributed by atoms with Crippen LogP contribution in [0, 0.1) is 13.8 Å². The number of likely N-dealkylation sites (N-methyl/N-ethyl adjacent to an activating group) is 1. The molecular weight excluding hydrogens is 312 g/mol. The van der Waals surface area contributed by atoms with Crippen LogP contribution in [0.15, 0.2) is 30.3 Å². The van der Waals surface area contributed by atoms with Crippen LogP contribution in [-0.4, -0.2) is 52.1 Å². The lowest BCUT2D eigenvalue weighted by Crippen LogP contribution is -2.44. The highest BCUT2D eigenvalue weighted by atomic mass is 16.2. The first-order chi connectivity index (χ1) is 12.1. The largest absolute Gasteiger partial charge is 0.344 e. The van der Waals surface area contributed by atoms with E-state index in [9.17, 15) is 4.79 Å². The van der Waals surface area contributed by atoms with Gasteiger partial charge in [-0.3, -0.25) is 14.8 Å². The van der Waals surface area contributed by atoms with Crippen molar-refractivity contribution in [1.82, 2.24) is 20.0 Å². The number of hydrogen-bond donors (Lipinski definition) is 1. The van der Waals surface area contributed by atoms with E-state index in [0.717, 1.165) is 50.3 Å². The SMILES string of the molecule is Cc1n[nH]c(C)c1CCN(C)C(=O)[C@@H]1CCCN1Cc1ccccc1. The van der Waals surface area contributed by atoms with Crippen molar-refractivity contribution in [2.45, 2.75) is 45.7 Å². The van der Waals surface area contributed by atoms with Crippen molar-refractivity contribution >= 4 is 5.91 Å². The number of hydrogen-bond acceptors (Lipinski definition) is 3. The van der Waals surface area contributed by atoms with Crippen LogP contribution in [0.4, 0.5) is 0 Å². The summed E-state index contributed by atoms with van der Waals surface area (Å²) >= 11 is 0. The Balaban J connectivity index is 1.59. The topological polar surface area (TPSA) is 52.2 Å². The number of nitrogens with one attached hydrogen (secondary N) is 1. The molecule has 1 aliphatic rings. The number of likely N-dealkylation sites (tertiary alicyclic amines) is 1. The normalized spacial score (nSPS) is 17.8. The number of carbonyl (C=O) groups is 1. The zero-order chi connectivity index (χ0) is 17.8. The number of amides is 1. The van der Waals surface area contributed by atoms with E-state index in [1.165, 1.54) is 11.1 Å². The summed E-state index contributed by atoms with van der Waals surface area (Å²) in [5.41, 5.74) is 4.64. The van der Waals surface area contributed by atoms with Crippen molar-refractivity contribution in [2.75, 3.05) is 20.1 Å². The average Bonchev–Trinajstić information content (AvgIpc) is 3.20. The molecule has 25 heavy (non-hydrogen) atoms. The standard InChI is InChI=1S/C20H28N4O/c1-15-18(16(2)22-21-15)11-13-23(3)20(25)19-10-7-12-24(19)14-17-8-5-4-6-9-17/h4-6,8-9,19H,7,10-14H2,1-3H3,(H,21,22)/t19-/m0/s1. The summed E-state index contributed by atoms with van der Waals surface area (Å²) in [4.78, 5) is 17.1. The molecule has 2 aromatic rings. The molecule has 2 heterocycles. The number of aromatic amines is 1. The van der Waals surface area contributed by atoms with Gasteiger partial charge in [0, 0.05) is 25.8 Å². The van der Waals surface area contributed by atoms with Crippen molar-refractivity contribution < 1.29 is 4.79 Å². The maximum absolute atomic E-state index is 12.9. The summed E-state index contributed by atoms with van der Waals surface area (Å²) in [6.07, 6.45) is 2.90. The van der Waals surface area contributed by atoms with Gasteiger partial charge in [0.25, 0.3) is 0 Å². The van der Waals surface area contributed by atoms with Crippen molar-refractivity contribution in [2.24, 2.45) is 0 Å². The molecule has 0 aliphatic carbocycles. The average molecular weight is 340 g/mol. The van der Waals surface area contributed by atoms with Crippen LogP contribution in [0.25, 0.3) is 0 Å². The summed E-state index contributed by atoms with van der Waals surface area (Å²) in [5, 5.41) is 7.26. The zero-order valence-electron chi connectivity index (χ0n) is 15.5. The van der Waals surface area contributed by atoms with Crippen molar-refractivity contribution in [3.8, 4) is 0 Å². The van der Waals surface area contributed by atoms with Crippen LogP contribution in [0.3, 0.4) is 0 Å². The number of carbonyl (C=O) groups excluding carboxylic acids is 1. The van der Waals surface area contributed by atoms with Gasteiger partial charge in [-0.05, 0) is 50.8 Å². The third-order valence-electron chi connectivity index (χ3n) is 5.23. The Morgan fingerprint density at radius 3 is 2.76 bits per heavy atom. The summed E-state index contributed by atoms with van der Waals surface area (Å²) < 4.78 is 0. The highest BCUT2D eigenvalue weighted by Crippen LogP contribution is 2.22. The van der Waals surface area contributed by atoms with E-state index < -0.39 is 0 Å². The fraction of sp³-hybridized carbons (Fsp3) is 0.500. The molecule has 1 aliphatic heterocycles. The molecule has 1 amide bonds. The first-order valence-electron chi connectivity index (χ1n) is 9.09. The molecule has 1 fully saturated rings. The monoisotopic (exact) mass is 340 g/mol. The van der Waals surface area contributed by atoms with Gasteiger partial charge >= 0.3 is 0 Å². The Hall–Kier alpha value is -2.14. The highest BCUT2D eigenvalue weighted by Gasteiger charge is 2.32. The molecule has 1 aromatic carbocycles. The van der Waals surface area contributed by atoms with Crippen LogP contribution in [-0.2, 0) is 17.8 Å². The van der Waals surface area contributed by atoms with Gasteiger partial charge in [0.1, 0.15) is 0 Å². The number of aryl methyl sites for hydroxylation is 2. The van der Waals surface area contributed by atoms with Gasteiger partial charge in [0.2, 0.25) is 5.91 Å². The van der Waals surface area contributed by atoms with Gasteiger partial charge < -0.3 is 4.90 Å². The van der Waals surface area contributed by atoms with E-state index in [0.29, 0.717) is 0 Å². The van der Waals surface area contributed by atoms with Crippen molar-refractivity contribution in [3.05, 3.63) is 52.8 Å². The fourth-order valence-electron chi connectivity index (χ4n) is 3.70. The Morgan fingerprint density at radius 1 is 1.32 bits per heavy atom. The smallest absolute Gasteiger partial charge is 0.239 e. The molecule has 1 N–H and O–H groups in total. The molecule has 134 valence electrons. The van der Waals surface area contributed by atoms with Gasteiger partial charge in [-0.25, -0.2) is 0 Å². The second-order valence-corrected chi connectivity index (χ2v) is 7.04. The zero-order valence-corrected chi connectivity index (χ0v) is 15.5. The molecular formula is C20H28N4O. The Kier molecular flexibility index (Phi) is 5.53. The van der Waals surface area contributed by atoms with Crippen molar-refractivity contribution in [1.29, 1.82) is 0 Å². The van der Waals surface area contributed by atoms with Gasteiger partial charge in [-0.15, -0.1) is 0 Å². The number of aromatic nitrogens is 2. The van der Waals surface area contributed by atoms with Crippen LogP contribution in [0.2, 0.25) is 0 Å². The minimum atomic E-state index is 0.0109. The third-order valence-corrected chi connectivity index (χ3v) is 5.23. The molecule has 1 aromatic heterocycles. The van der Waals surface area contributed by atoms with Gasteiger partial charge in [0.15, 0.2) is 0 Å². The van der Waals surface area contributed by atoms with Crippen molar-refractivity contribution in [3.63, 3.8) is 0 Å². The number of H-pyrrole nitrogens is 1. The first kappa shape index (κ1) is 17.7. The van der Waals surface area contributed by atoms with E-state index in [1.807, 2.05) is 31.9 Å². The Labute approximate surface area is 150 Å². The lowest BCUT2D eigenvalue weighted by molar-refractivity contribution is -0.134. The summed E-state index contributed by atoms with van der Waals surface area (Å²) in [6, 6.07) is 10.4. The second-order valence-electron chi connectivity index (χ2n) is 7.04. The maximum atomic E-state index is 12.9. The predicted octanol–water partition coefficient (Wildman–Crippen LogP) is 2.69. The lowest BCUT2D eigenvalue weighted by atomic mass is 10.1. The number of nitrogens with zero attached hydrogens (tertiary/aromatic N) is 3. The van der Waals surface area contributed by atoms with Gasteiger partial charge in [0.05, 0.1) is 11.7 Å². The van der Waals surface area contributed by atoms with E-state index in [2.05, 4.69) is 39.4 Å². The molecule has 0 bridgehead atoms. The maximum Gasteiger partial charge on any atom is 0.239 e. The number of rotatable bonds is 6. The first-order valence-corrected chi connectivity index (χ1v) is 9.09. The molecule has 1 atom stereocenters. The molecule has 3 rings (SSSR count). The molecule has 5 nitrogen and oxygen atoms in total. The Morgan fingerprint density at radius 2 is 2.08 bits per heavy atom. The molecule has 0 saturated carbocycles. The van der Waals surface area contributed by atoms with E-state index in [-0.39, 0.29) is 11.9 Å². The summed E-state index contributed by atoms with van der Waals surface area (Å²) in [5.74, 6) is 0.243. The number of benzene rings is 1. The minimum absolute atomic E-state index is 0.0109. The van der Waals surface area contributed by atoms with Crippen LogP contribution < -0.4 is 0 Å². The van der Waals surface area contributed by atoms with Crippen LogP contribution in [0.5, 0.6) is 0 Å². The molecule has 1 saturated heterocycles. The highest BCUT2D eigenvalue weighted by molar-refractivity contribution is 5.82. The predicted molar refractivity (Wildman–Crippen MR) is 99.3 cm³/mol. The Bertz CT molecular complexity index is 690. The molecule has 0 radical (unpaired) electrons. The van der Waals surface area contributed by atoms with E-state index in [1.54, 1.807) is 0 Å². The summed E-state index contributed by atoms with van der Waals surface area (Å²) in [6.45, 7) is 6.63. The van der Waals surface area contributed by atoms with E-state index >= 15 is 0 Å². The van der Waals surface area contributed by atoms with Crippen LogP contribution >= 0.6 is 0 Å². The minimum Gasteiger partial charge on any atom is -0.344 e. The van der Waals surface area contributed by atoms with Gasteiger partial charge in [-0.2, -0.15) is 5.10 Å². The third kappa shape index (κ3) is 4.10. The fourth-order valence-corrected chi connectivity index (χ4v) is 3.70. The van der Waals surface area contributed by atoms with Crippen LogP contribution in [0.1, 0.15) is 35.4 Å².